The van der Waals surface area contributed by atoms with E-state index in [0.717, 1.165) is 30.4 Å². The summed E-state index contributed by atoms with van der Waals surface area (Å²) in [5.74, 6) is 1.30. The van der Waals surface area contributed by atoms with Crippen LogP contribution in [0, 0.1) is 17.8 Å². The van der Waals surface area contributed by atoms with Crippen LogP contribution in [0.3, 0.4) is 0 Å². The molecule has 1 aliphatic heterocycles. The summed E-state index contributed by atoms with van der Waals surface area (Å²) in [6.07, 6.45) is 5.57. The van der Waals surface area contributed by atoms with E-state index in [4.69, 9.17) is 0 Å². The molecular weight excluding hydrogens is 480 g/mol. The Morgan fingerprint density at radius 1 is 0.914 bits per heavy atom. The third kappa shape index (κ3) is 3.92. The van der Waals surface area contributed by atoms with Gasteiger partial charge in [0.2, 0.25) is 20.0 Å². The Balaban J connectivity index is 1.79. The third-order valence-electron chi connectivity index (χ3n) is 8.57. The van der Waals surface area contributed by atoms with Crippen LogP contribution in [-0.2, 0) is 20.0 Å². The van der Waals surface area contributed by atoms with Crippen LogP contribution in [0.2, 0.25) is 0 Å². The van der Waals surface area contributed by atoms with E-state index in [9.17, 15) is 16.8 Å². The predicted octanol–water partition coefficient (Wildman–Crippen LogP) is 5.15. The van der Waals surface area contributed by atoms with Gasteiger partial charge < -0.3 is 0 Å². The highest BCUT2D eigenvalue weighted by Crippen LogP contribution is 2.61. The van der Waals surface area contributed by atoms with Crippen LogP contribution in [0.5, 0.6) is 0 Å². The van der Waals surface area contributed by atoms with E-state index in [2.05, 4.69) is 12.1 Å². The summed E-state index contributed by atoms with van der Waals surface area (Å²) in [5.41, 5.74) is 2.54. The quantitative estimate of drug-likeness (QED) is 0.551. The lowest BCUT2D eigenvalue weighted by atomic mass is 9.60. The minimum atomic E-state index is -3.68. The van der Waals surface area contributed by atoms with E-state index in [1.807, 2.05) is 18.2 Å². The molecule has 5 rings (SSSR count). The lowest BCUT2D eigenvalue weighted by Gasteiger charge is -2.53. The molecule has 2 fully saturated rings. The first-order valence-corrected chi connectivity index (χ1v) is 15.6. The van der Waals surface area contributed by atoms with Gasteiger partial charge >= 0.3 is 0 Å². The minimum Gasteiger partial charge on any atom is -0.262 e. The molecule has 2 aromatic carbocycles. The number of hydrogen-bond acceptors (Lipinski definition) is 4. The first kappa shape index (κ1) is 24.8. The highest BCUT2D eigenvalue weighted by Gasteiger charge is 2.53. The van der Waals surface area contributed by atoms with Gasteiger partial charge in [0.15, 0.2) is 0 Å². The highest BCUT2D eigenvalue weighted by atomic mass is 32.2. The fourth-order valence-electron chi connectivity index (χ4n) is 6.87. The molecule has 0 spiro atoms. The van der Waals surface area contributed by atoms with E-state index in [1.165, 1.54) is 31.2 Å². The molecule has 2 aromatic rings. The minimum absolute atomic E-state index is 0.122. The van der Waals surface area contributed by atoms with Crippen molar-refractivity contribution in [1.29, 1.82) is 0 Å². The Hall–Kier alpha value is -1.90. The second-order valence-electron chi connectivity index (χ2n) is 10.9. The molecule has 35 heavy (non-hydrogen) atoms. The second-order valence-corrected chi connectivity index (χ2v) is 15.4. The normalized spacial score (nSPS) is 28.6. The van der Waals surface area contributed by atoms with Crippen molar-refractivity contribution >= 4 is 25.7 Å². The van der Waals surface area contributed by atoms with Crippen molar-refractivity contribution in [2.24, 2.45) is 17.8 Å². The van der Waals surface area contributed by atoms with Crippen LogP contribution in [-0.4, -0.2) is 40.5 Å². The largest absolute Gasteiger partial charge is 0.262 e. The van der Waals surface area contributed by atoms with Crippen LogP contribution >= 0.6 is 0 Å². The van der Waals surface area contributed by atoms with Crippen molar-refractivity contribution < 1.29 is 16.8 Å². The smallest absolute Gasteiger partial charge is 0.242 e. The lowest BCUT2D eigenvalue weighted by Crippen LogP contribution is -2.50. The lowest BCUT2D eigenvalue weighted by molar-refractivity contribution is 0.123. The monoisotopic (exact) mass is 516 g/mol. The maximum absolute atomic E-state index is 14.0. The van der Waals surface area contributed by atoms with E-state index in [0.29, 0.717) is 17.5 Å². The Labute approximate surface area is 210 Å². The molecule has 3 aliphatic rings. The van der Waals surface area contributed by atoms with E-state index < -0.39 is 25.3 Å². The van der Waals surface area contributed by atoms with Crippen molar-refractivity contribution in [3.8, 4) is 0 Å². The molecule has 0 N–H and O–H groups in total. The summed E-state index contributed by atoms with van der Waals surface area (Å²) in [4.78, 5) is 0.230. The Bertz CT molecular complexity index is 1310. The van der Waals surface area contributed by atoms with Crippen molar-refractivity contribution in [1.82, 2.24) is 4.31 Å². The fraction of sp³-hybridized carbons (Fsp3) is 0.556. The summed E-state index contributed by atoms with van der Waals surface area (Å²) in [5, 5.41) is -0.591. The summed E-state index contributed by atoms with van der Waals surface area (Å²) < 4.78 is 56.9. The molecule has 6 nitrogen and oxygen atoms in total. The van der Waals surface area contributed by atoms with Gasteiger partial charge in [-0.1, -0.05) is 43.2 Å². The SMILES string of the molecule is CC(C)S(=O)(=O)N1c2ccc(S(=O)(=O)N(C)C)cc2C2CCC3CCCC3C2C1c1ccccc1. The van der Waals surface area contributed by atoms with Crippen molar-refractivity contribution in [3.05, 3.63) is 59.7 Å². The number of anilines is 1. The van der Waals surface area contributed by atoms with Gasteiger partial charge in [-0.25, -0.2) is 21.1 Å². The summed E-state index contributed by atoms with van der Waals surface area (Å²) in [6.45, 7) is 3.46. The molecule has 1 heterocycles. The highest BCUT2D eigenvalue weighted by molar-refractivity contribution is 7.93. The maximum Gasteiger partial charge on any atom is 0.242 e. The maximum atomic E-state index is 14.0. The van der Waals surface area contributed by atoms with Crippen LogP contribution in [0.25, 0.3) is 0 Å². The first-order chi connectivity index (χ1) is 16.5. The van der Waals surface area contributed by atoms with E-state index in [1.54, 1.807) is 36.4 Å². The van der Waals surface area contributed by atoms with Gasteiger partial charge in [0.25, 0.3) is 0 Å². The molecule has 0 bridgehead atoms. The molecule has 5 atom stereocenters. The molecule has 2 saturated carbocycles. The predicted molar refractivity (Wildman–Crippen MR) is 139 cm³/mol. The number of rotatable bonds is 5. The zero-order valence-corrected chi connectivity index (χ0v) is 22.6. The Morgan fingerprint density at radius 2 is 1.63 bits per heavy atom. The van der Waals surface area contributed by atoms with Crippen molar-refractivity contribution in [2.75, 3.05) is 18.4 Å². The molecule has 0 radical (unpaired) electrons. The fourth-order valence-corrected chi connectivity index (χ4v) is 9.28. The van der Waals surface area contributed by atoms with Crippen molar-refractivity contribution in [2.45, 2.75) is 68.1 Å². The third-order valence-corrected chi connectivity index (χ3v) is 12.5. The standard InChI is InChI=1S/C27H36N2O4S2/c1-18(2)34(30,31)29-25-16-14-21(35(32,33)28(3)4)17-24(25)23-15-13-19-11-8-12-22(19)26(23)27(29)20-9-6-5-7-10-20/h5-7,9-10,14,16-19,22-23,26-27H,8,11-13,15H2,1-4H3. The molecule has 5 unspecified atom stereocenters. The van der Waals surface area contributed by atoms with Crippen LogP contribution in [0.15, 0.2) is 53.4 Å². The first-order valence-electron chi connectivity index (χ1n) is 12.7. The number of fused-ring (bicyclic) bond motifs is 5. The number of sulfonamides is 2. The van der Waals surface area contributed by atoms with Crippen LogP contribution in [0.4, 0.5) is 5.69 Å². The summed E-state index contributed by atoms with van der Waals surface area (Å²) >= 11 is 0. The number of nitrogens with zero attached hydrogens (tertiary/aromatic N) is 2. The molecule has 8 heteroatoms. The number of benzene rings is 2. The Morgan fingerprint density at radius 3 is 2.29 bits per heavy atom. The molecule has 2 aliphatic carbocycles. The molecule has 0 aromatic heterocycles. The topological polar surface area (TPSA) is 74.8 Å². The molecule has 0 amide bonds. The zero-order chi connectivity index (χ0) is 25.1. The zero-order valence-electron chi connectivity index (χ0n) is 21.0. The summed E-state index contributed by atoms with van der Waals surface area (Å²) in [6, 6.07) is 14.8. The second kappa shape index (κ2) is 8.89. The van der Waals surface area contributed by atoms with Gasteiger partial charge in [-0.2, -0.15) is 0 Å². The van der Waals surface area contributed by atoms with Gasteiger partial charge in [-0.15, -0.1) is 0 Å². The molecular formula is C27H36N2O4S2. The molecule has 0 saturated heterocycles. The Kier molecular flexibility index (Phi) is 6.29. The number of hydrogen-bond donors (Lipinski definition) is 0. The summed E-state index contributed by atoms with van der Waals surface area (Å²) in [7, 11) is -4.26. The average Bonchev–Trinajstić information content (AvgIpc) is 3.32. The van der Waals surface area contributed by atoms with Gasteiger partial charge in [0.1, 0.15) is 0 Å². The molecule has 190 valence electrons. The van der Waals surface area contributed by atoms with Crippen LogP contribution < -0.4 is 4.31 Å². The van der Waals surface area contributed by atoms with E-state index in [-0.39, 0.29) is 22.8 Å². The van der Waals surface area contributed by atoms with Gasteiger partial charge in [-0.3, -0.25) is 4.31 Å². The van der Waals surface area contributed by atoms with Gasteiger partial charge in [-0.05, 0) is 86.1 Å². The average molecular weight is 517 g/mol. The van der Waals surface area contributed by atoms with Crippen LogP contribution in [0.1, 0.15) is 69.0 Å². The van der Waals surface area contributed by atoms with Gasteiger partial charge in [0, 0.05) is 14.1 Å². The van der Waals surface area contributed by atoms with E-state index >= 15 is 0 Å². The van der Waals surface area contributed by atoms with Crippen molar-refractivity contribution in [3.63, 3.8) is 0 Å². The van der Waals surface area contributed by atoms with Gasteiger partial charge in [0.05, 0.1) is 21.9 Å².